The predicted octanol–water partition coefficient (Wildman–Crippen LogP) is -0.124. The van der Waals surface area contributed by atoms with Crippen molar-refractivity contribution in [2.75, 3.05) is 11.3 Å². The number of hydrogen-bond donors (Lipinski definition) is 5. The number of carbonyl (C=O) groups is 4. The second kappa shape index (κ2) is 10.5. The number of epoxide rings is 1. The van der Waals surface area contributed by atoms with Crippen LogP contribution < -0.4 is 15.4 Å². The zero-order chi connectivity index (χ0) is 25.8. The number of carboxylic acids is 2. The lowest BCUT2D eigenvalue weighted by atomic mass is 10.1. The van der Waals surface area contributed by atoms with E-state index in [0.717, 1.165) is 5.56 Å². The average molecular weight is 506 g/mol. The Balaban J connectivity index is 1.57. The molecule has 1 saturated heterocycles. The summed E-state index contributed by atoms with van der Waals surface area (Å²) < 4.78 is 32.4. The van der Waals surface area contributed by atoms with Crippen molar-refractivity contribution >= 4 is 39.5 Å². The van der Waals surface area contributed by atoms with Crippen LogP contribution in [0.5, 0.6) is 0 Å². The van der Waals surface area contributed by atoms with Crippen molar-refractivity contribution in [2.45, 2.75) is 36.5 Å². The second-order valence-corrected chi connectivity index (χ2v) is 9.49. The highest BCUT2D eigenvalue weighted by molar-refractivity contribution is 7.92. The Labute approximate surface area is 200 Å². The van der Waals surface area contributed by atoms with Gasteiger partial charge in [0.25, 0.3) is 21.8 Å². The Kier molecular flexibility index (Phi) is 7.71. The fourth-order valence-electron chi connectivity index (χ4n) is 3.10. The first-order valence-corrected chi connectivity index (χ1v) is 11.8. The first-order valence-electron chi connectivity index (χ1n) is 10.3. The van der Waals surface area contributed by atoms with Crippen LogP contribution in [0.2, 0.25) is 0 Å². The molecule has 1 aliphatic heterocycles. The fourth-order valence-corrected chi connectivity index (χ4v) is 4.16. The maximum atomic E-state index is 12.5. The van der Waals surface area contributed by atoms with E-state index >= 15 is 0 Å². The van der Waals surface area contributed by atoms with Gasteiger partial charge in [-0.2, -0.15) is 0 Å². The number of sulfonamides is 1. The first-order chi connectivity index (χ1) is 16.5. The van der Waals surface area contributed by atoms with Crippen LogP contribution in [0.15, 0.2) is 53.4 Å². The highest BCUT2D eigenvalue weighted by atomic mass is 32.2. The van der Waals surface area contributed by atoms with Crippen LogP contribution in [0, 0.1) is 6.92 Å². The lowest BCUT2D eigenvalue weighted by Gasteiger charge is -2.14. The molecule has 0 radical (unpaired) electrons. The number of aliphatic carboxylic acids is 2. The highest BCUT2D eigenvalue weighted by Crippen LogP contribution is 2.23. The van der Waals surface area contributed by atoms with Crippen LogP contribution in [0.3, 0.4) is 0 Å². The summed E-state index contributed by atoms with van der Waals surface area (Å²) in [4.78, 5) is 46.2. The lowest BCUT2D eigenvalue weighted by molar-refractivity contribution is -0.142. The molecule has 12 nitrogen and oxygen atoms in total. The first kappa shape index (κ1) is 25.6. The molecule has 1 aliphatic rings. The smallest absolute Gasteiger partial charge is 0.326 e. The van der Waals surface area contributed by atoms with Crippen molar-refractivity contribution in [3.05, 3.63) is 59.7 Å². The largest absolute Gasteiger partial charge is 0.480 e. The van der Waals surface area contributed by atoms with Crippen molar-refractivity contribution < 1.29 is 42.5 Å². The third kappa shape index (κ3) is 7.01. The van der Waals surface area contributed by atoms with E-state index in [4.69, 9.17) is 9.84 Å². The van der Waals surface area contributed by atoms with Gasteiger partial charge in [0.1, 0.15) is 12.6 Å². The minimum Gasteiger partial charge on any atom is -0.480 e. The van der Waals surface area contributed by atoms with Crippen LogP contribution in [-0.4, -0.2) is 67.2 Å². The van der Waals surface area contributed by atoms with Gasteiger partial charge in [-0.1, -0.05) is 29.8 Å². The van der Waals surface area contributed by atoms with Crippen molar-refractivity contribution in [1.29, 1.82) is 0 Å². The molecule has 3 atom stereocenters. The maximum absolute atomic E-state index is 12.5. The van der Waals surface area contributed by atoms with E-state index in [2.05, 4.69) is 15.4 Å². The number of nitrogens with one attached hydrogen (secondary N) is 3. The number of hydrogen-bond acceptors (Lipinski definition) is 7. The number of benzene rings is 2. The van der Waals surface area contributed by atoms with Crippen LogP contribution in [0.25, 0.3) is 0 Å². The van der Waals surface area contributed by atoms with Gasteiger partial charge in [0, 0.05) is 12.1 Å². The second-order valence-electron chi connectivity index (χ2n) is 7.81. The van der Waals surface area contributed by atoms with Gasteiger partial charge < -0.3 is 25.6 Å². The zero-order valence-corrected chi connectivity index (χ0v) is 19.2. The summed E-state index contributed by atoms with van der Waals surface area (Å²) in [7, 11) is -3.80. The Bertz CT molecular complexity index is 1230. The molecule has 1 heterocycles. The van der Waals surface area contributed by atoms with Crippen LogP contribution in [0.4, 0.5) is 5.69 Å². The Hall–Kier alpha value is -3.97. The summed E-state index contributed by atoms with van der Waals surface area (Å²) >= 11 is 0. The molecule has 5 N–H and O–H groups in total. The molecule has 13 heteroatoms. The Morgan fingerprint density at radius 3 is 2.11 bits per heavy atom. The summed E-state index contributed by atoms with van der Waals surface area (Å²) in [6, 6.07) is 10.9. The summed E-state index contributed by atoms with van der Waals surface area (Å²) in [6.45, 7) is 1.20. The van der Waals surface area contributed by atoms with E-state index in [0.29, 0.717) is 5.56 Å². The molecule has 0 aromatic heterocycles. The van der Waals surface area contributed by atoms with Gasteiger partial charge in [0.15, 0.2) is 12.2 Å². The predicted molar refractivity (Wildman–Crippen MR) is 121 cm³/mol. The van der Waals surface area contributed by atoms with Crippen LogP contribution >= 0.6 is 0 Å². The molecule has 2 amide bonds. The van der Waals surface area contributed by atoms with Gasteiger partial charge in [-0.3, -0.25) is 19.1 Å². The van der Waals surface area contributed by atoms with E-state index in [1.165, 1.54) is 36.4 Å². The number of anilines is 1. The van der Waals surface area contributed by atoms with E-state index in [1.54, 1.807) is 12.1 Å². The molecule has 3 rings (SSSR count). The molecule has 0 spiro atoms. The quantitative estimate of drug-likeness (QED) is 0.259. The van der Waals surface area contributed by atoms with Crippen molar-refractivity contribution in [3.63, 3.8) is 0 Å². The monoisotopic (exact) mass is 505 g/mol. The summed E-state index contributed by atoms with van der Waals surface area (Å²) in [5.41, 5.74) is 1.69. The van der Waals surface area contributed by atoms with Gasteiger partial charge >= 0.3 is 11.9 Å². The molecule has 0 unspecified atom stereocenters. The Morgan fingerprint density at radius 1 is 0.943 bits per heavy atom. The number of aryl methyl sites for hydroxylation is 1. The SMILES string of the molecule is Cc1ccc(S(=O)(=O)Nc2ccc(C[C@H](NC(=O)[C@H]3O[C@@H]3C(=O)NCC(=O)O)C(=O)O)cc2)cc1. The summed E-state index contributed by atoms with van der Waals surface area (Å²) in [5.74, 6) is -4.20. The van der Waals surface area contributed by atoms with E-state index in [1.807, 2.05) is 6.92 Å². The van der Waals surface area contributed by atoms with Gasteiger partial charge in [-0.15, -0.1) is 0 Å². The molecular weight excluding hydrogens is 482 g/mol. The number of carboxylic acid groups (broad SMARTS) is 2. The third-order valence-corrected chi connectivity index (χ3v) is 6.41. The molecule has 1 fully saturated rings. The molecule has 0 saturated carbocycles. The maximum Gasteiger partial charge on any atom is 0.326 e. The van der Waals surface area contributed by atoms with Crippen LogP contribution in [0.1, 0.15) is 11.1 Å². The zero-order valence-electron chi connectivity index (χ0n) is 18.4. The molecule has 2 aromatic carbocycles. The van der Waals surface area contributed by atoms with Gasteiger partial charge in [-0.05, 0) is 36.8 Å². The van der Waals surface area contributed by atoms with Crippen molar-refractivity contribution in [2.24, 2.45) is 0 Å². The standard InChI is InChI=1S/C22H23N3O9S/c1-12-2-8-15(9-3-12)35(32,33)25-14-6-4-13(5-7-14)10-16(22(30)31)24-21(29)19-18(34-19)20(28)23-11-17(26)27/h2-9,16,18-19,25H,10-11H2,1H3,(H,23,28)(H,24,29)(H,26,27)(H,30,31)/t16-,18-,19-/m0/s1. The molecule has 186 valence electrons. The fraction of sp³-hybridized carbons (Fsp3) is 0.273. The van der Waals surface area contributed by atoms with Crippen molar-refractivity contribution in [3.8, 4) is 0 Å². The van der Waals surface area contributed by atoms with Crippen LogP contribution in [-0.2, 0) is 40.4 Å². The van der Waals surface area contributed by atoms with Gasteiger partial charge in [0.2, 0.25) is 0 Å². The third-order valence-electron chi connectivity index (χ3n) is 5.01. The van der Waals surface area contributed by atoms with E-state index < -0.39 is 58.6 Å². The summed E-state index contributed by atoms with van der Waals surface area (Å²) in [5, 5.41) is 22.4. The van der Waals surface area contributed by atoms with Gasteiger partial charge in [-0.25, -0.2) is 13.2 Å². The van der Waals surface area contributed by atoms with Gasteiger partial charge in [0.05, 0.1) is 4.90 Å². The number of rotatable bonds is 11. The van der Waals surface area contributed by atoms with E-state index in [9.17, 15) is 32.7 Å². The summed E-state index contributed by atoms with van der Waals surface area (Å²) in [6.07, 6.45) is -2.52. The molecule has 2 aromatic rings. The number of amides is 2. The topological polar surface area (TPSA) is 191 Å². The highest BCUT2D eigenvalue weighted by Gasteiger charge is 2.51. The van der Waals surface area contributed by atoms with Crippen molar-refractivity contribution in [1.82, 2.24) is 10.6 Å². The Morgan fingerprint density at radius 2 is 1.54 bits per heavy atom. The minimum atomic E-state index is -3.80. The van der Waals surface area contributed by atoms with E-state index in [-0.39, 0.29) is 17.0 Å². The number of ether oxygens (including phenoxy) is 1. The number of carbonyl (C=O) groups excluding carboxylic acids is 2. The lowest BCUT2D eigenvalue weighted by Crippen LogP contribution is -2.45. The average Bonchev–Trinajstić information content (AvgIpc) is 3.59. The molecular formula is C22H23N3O9S. The molecule has 35 heavy (non-hydrogen) atoms. The molecule has 0 bridgehead atoms. The normalized spacial score (nSPS) is 17.6. The molecule has 0 aliphatic carbocycles. The minimum absolute atomic E-state index is 0.0954.